The Kier molecular flexibility index (Phi) is 4.62. The van der Waals surface area contributed by atoms with Crippen molar-refractivity contribution in [1.29, 1.82) is 0 Å². The summed E-state index contributed by atoms with van der Waals surface area (Å²) in [4.78, 5) is 12.4. The highest BCUT2D eigenvalue weighted by atomic mass is 32.2. The van der Waals surface area contributed by atoms with E-state index in [1.807, 2.05) is 0 Å². The average Bonchev–Trinajstić information content (AvgIpc) is 3.43. The van der Waals surface area contributed by atoms with Crippen LogP contribution in [0.2, 0.25) is 0 Å². The fourth-order valence-corrected chi connectivity index (χ4v) is 3.57. The molecule has 1 aromatic carbocycles. The largest absolute Gasteiger partial charge is 0.416 e. The summed E-state index contributed by atoms with van der Waals surface area (Å²) in [5.41, 5.74) is 0.498. The molecule has 0 saturated heterocycles. The summed E-state index contributed by atoms with van der Waals surface area (Å²) in [6, 6.07) is 10.0. The van der Waals surface area contributed by atoms with Gasteiger partial charge < -0.3 is 4.42 Å². The van der Waals surface area contributed by atoms with Crippen LogP contribution in [0.25, 0.3) is 28.5 Å². The number of alkyl halides is 3. The van der Waals surface area contributed by atoms with Crippen LogP contribution in [0.1, 0.15) is 5.56 Å². The van der Waals surface area contributed by atoms with E-state index in [1.54, 1.807) is 36.7 Å². The summed E-state index contributed by atoms with van der Waals surface area (Å²) in [5, 5.41) is 12.9. The topological polar surface area (TPSA) is 94.9 Å². The fraction of sp³-hybridized carbons (Fsp3) is 0.0526. The van der Waals surface area contributed by atoms with Gasteiger partial charge in [0.1, 0.15) is 11.4 Å². The van der Waals surface area contributed by atoms with Crippen molar-refractivity contribution in [3.63, 3.8) is 0 Å². The van der Waals surface area contributed by atoms with Crippen LogP contribution in [0.3, 0.4) is 0 Å². The molecule has 0 bridgehead atoms. The van der Waals surface area contributed by atoms with Crippen LogP contribution in [0.15, 0.2) is 75.9 Å². The van der Waals surface area contributed by atoms with E-state index in [-0.39, 0.29) is 16.9 Å². The van der Waals surface area contributed by atoms with Gasteiger partial charge in [-0.3, -0.25) is 4.98 Å². The third kappa shape index (κ3) is 3.84. The number of halogens is 3. The Morgan fingerprint density at radius 3 is 2.68 bits per heavy atom. The van der Waals surface area contributed by atoms with Gasteiger partial charge in [0.15, 0.2) is 0 Å². The van der Waals surface area contributed by atoms with Gasteiger partial charge in [0.2, 0.25) is 5.89 Å². The van der Waals surface area contributed by atoms with E-state index in [1.165, 1.54) is 16.9 Å². The molecular formula is C19H10F3N7OS. The molecule has 0 aliphatic rings. The number of benzene rings is 1. The molecule has 0 fully saturated rings. The maximum absolute atomic E-state index is 13.1. The van der Waals surface area contributed by atoms with Gasteiger partial charge >= 0.3 is 6.18 Å². The molecule has 4 heterocycles. The van der Waals surface area contributed by atoms with Crippen molar-refractivity contribution in [1.82, 2.24) is 34.8 Å². The average molecular weight is 441 g/mol. The lowest BCUT2D eigenvalue weighted by Crippen LogP contribution is -2.05. The number of nitrogens with zero attached hydrogens (tertiary/aromatic N) is 7. The zero-order chi connectivity index (χ0) is 21.4. The van der Waals surface area contributed by atoms with E-state index >= 15 is 0 Å². The molecule has 0 aliphatic carbocycles. The van der Waals surface area contributed by atoms with Gasteiger partial charge in [-0.15, -0.1) is 10.2 Å². The molecule has 31 heavy (non-hydrogen) atoms. The predicted molar refractivity (Wildman–Crippen MR) is 103 cm³/mol. The van der Waals surface area contributed by atoms with E-state index in [0.717, 1.165) is 23.9 Å². The van der Waals surface area contributed by atoms with Crippen molar-refractivity contribution in [2.24, 2.45) is 0 Å². The van der Waals surface area contributed by atoms with Crippen molar-refractivity contribution in [3.8, 4) is 22.7 Å². The molecule has 0 saturated carbocycles. The monoisotopic (exact) mass is 441 g/mol. The smallest absolute Gasteiger partial charge is 0.411 e. The predicted octanol–water partition coefficient (Wildman–Crippen LogP) is 4.41. The molecule has 154 valence electrons. The molecule has 5 rings (SSSR count). The molecule has 12 heteroatoms. The molecule has 0 unspecified atom stereocenters. The van der Waals surface area contributed by atoms with E-state index in [0.29, 0.717) is 21.8 Å². The van der Waals surface area contributed by atoms with Crippen LogP contribution in [-0.2, 0) is 6.18 Å². The van der Waals surface area contributed by atoms with Crippen LogP contribution in [0, 0.1) is 0 Å². The molecule has 4 aromatic heterocycles. The highest BCUT2D eigenvalue weighted by molar-refractivity contribution is 7.99. The van der Waals surface area contributed by atoms with Gasteiger partial charge in [0.25, 0.3) is 11.0 Å². The number of pyridine rings is 1. The van der Waals surface area contributed by atoms with Gasteiger partial charge in [-0.1, -0.05) is 12.1 Å². The van der Waals surface area contributed by atoms with Crippen molar-refractivity contribution in [3.05, 3.63) is 66.7 Å². The number of hydrogen-bond acceptors (Lipinski definition) is 8. The molecular weight excluding hydrogens is 431 g/mol. The Morgan fingerprint density at radius 1 is 1.00 bits per heavy atom. The maximum Gasteiger partial charge on any atom is 0.416 e. The van der Waals surface area contributed by atoms with E-state index < -0.39 is 11.7 Å². The Bertz CT molecular complexity index is 1370. The minimum absolute atomic E-state index is 0.219. The van der Waals surface area contributed by atoms with Gasteiger partial charge in [-0.2, -0.15) is 27.8 Å². The van der Waals surface area contributed by atoms with Crippen molar-refractivity contribution < 1.29 is 17.6 Å². The second-order valence-electron chi connectivity index (χ2n) is 6.25. The Hall–Kier alpha value is -3.80. The van der Waals surface area contributed by atoms with Crippen LogP contribution >= 0.6 is 11.8 Å². The lowest BCUT2D eigenvalue weighted by molar-refractivity contribution is -0.137. The minimum atomic E-state index is -4.46. The SMILES string of the molecule is FC(F)(F)c1cccc(-c2cc(Sc3nnc(-c4cccnc4)o3)n3ncnc3n2)c1. The Balaban J connectivity index is 1.53. The van der Waals surface area contributed by atoms with Gasteiger partial charge in [0.05, 0.1) is 16.8 Å². The molecule has 8 nitrogen and oxygen atoms in total. The Labute approximate surface area is 176 Å². The molecule has 5 aromatic rings. The summed E-state index contributed by atoms with van der Waals surface area (Å²) in [7, 11) is 0. The summed E-state index contributed by atoms with van der Waals surface area (Å²) in [6.45, 7) is 0. The summed E-state index contributed by atoms with van der Waals surface area (Å²) in [6.07, 6.45) is 0.0647. The maximum atomic E-state index is 13.1. The number of rotatable bonds is 4. The van der Waals surface area contributed by atoms with Gasteiger partial charge in [-0.05, 0) is 42.1 Å². The van der Waals surface area contributed by atoms with Crippen LogP contribution in [-0.4, -0.2) is 34.8 Å². The third-order valence-corrected chi connectivity index (χ3v) is 5.05. The first-order valence-corrected chi connectivity index (χ1v) is 9.59. The second-order valence-corrected chi connectivity index (χ2v) is 7.22. The van der Waals surface area contributed by atoms with Crippen LogP contribution in [0.5, 0.6) is 0 Å². The number of aromatic nitrogens is 7. The third-order valence-electron chi connectivity index (χ3n) is 4.21. The van der Waals surface area contributed by atoms with Crippen molar-refractivity contribution in [2.75, 3.05) is 0 Å². The minimum Gasteiger partial charge on any atom is -0.411 e. The Morgan fingerprint density at radius 2 is 1.87 bits per heavy atom. The van der Waals surface area contributed by atoms with E-state index in [4.69, 9.17) is 4.42 Å². The first-order chi connectivity index (χ1) is 15.0. The molecule has 0 radical (unpaired) electrons. The standard InChI is InChI=1S/C19H10F3N7OS/c20-19(21,22)13-5-1-3-11(7-13)14-8-15(29-17(26-14)24-10-25-29)31-18-28-27-16(30-18)12-4-2-6-23-9-12/h1-10H. The van der Waals surface area contributed by atoms with Crippen LogP contribution < -0.4 is 0 Å². The highest BCUT2D eigenvalue weighted by Gasteiger charge is 2.30. The first-order valence-electron chi connectivity index (χ1n) is 8.77. The fourth-order valence-electron chi connectivity index (χ4n) is 2.81. The van der Waals surface area contributed by atoms with E-state index in [9.17, 15) is 13.2 Å². The summed E-state index contributed by atoms with van der Waals surface area (Å²) >= 11 is 1.09. The van der Waals surface area contributed by atoms with E-state index in [2.05, 4.69) is 30.2 Å². The first kappa shape index (κ1) is 19.2. The summed E-state index contributed by atoms with van der Waals surface area (Å²) < 4.78 is 46.5. The number of fused-ring (bicyclic) bond motifs is 1. The highest BCUT2D eigenvalue weighted by Crippen LogP contribution is 2.34. The lowest BCUT2D eigenvalue weighted by Gasteiger charge is -2.09. The van der Waals surface area contributed by atoms with Gasteiger partial charge in [-0.25, -0.2) is 4.98 Å². The molecule has 0 spiro atoms. The zero-order valence-corrected chi connectivity index (χ0v) is 16.2. The summed E-state index contributed by atoms with van der Waals surface area (Å²) in [5.74, 6) is 0.516. The molecule has 0 atom stereocenters. The van der Waals surface area contributed by atoms with Gasteiger partial charge in [0, 0.05) is 18.0 Å². The van der Waals surface area contributed by atoms with Crippen LogP contribution in [0.4, 0.5) is 13.2 Å². The zero-order valence-electron chi connectivity index (χ0n) is 15.4. The van der Waals surface area contributed by atoms with Crippen molar-refractivity contribution in [2.45, 2.75) is 16.4 Å². The lowest BCUT2D eigenvalue weighted by atomic mass is 10.1. The molecule has 0 aliphatic heterocycles. The molecule has 0 N–H and O–H groups in total. The normalized spacial score (nSPS) is 11.8. The van der Waals surface area contributed by atoms with Crippen molar-refractivity contribution >= 4 is 17.5 Å². The quantitative estimate of drug-likeness (QED) is 0.379. The second kappa shape index (κ2) is 7.47. The molecule has 0 amide bonds. The number of hydrogen-bond donors (Lipinski definition) is 0.